The predicted molar refractivity (Wildman–Crippen MR) is 59.1 cm³/mol. The van der Waals surface area contributed by atoms with Crippen molar-refractivity contribution in [3.63, 3.8) is 0 Å². The van der Waals surface area contributed by atoms with E-state index >= 15 is 0 Å². The summed E-state index contributed by atoms with van der Waals surface area (Å²) in [5.74, 6) is 0. The van der Waals surface area contributed by atoms with Gasteiger partial charge < -0.3 is 5.32 Å². The van der Waals surface area contributed by atoms with Crippen LogP contribution < -0.4 is 5.32 Å². The van der Waals surface area contributed by atoms with Gasteiger partial charge in [0.2, 0.25) is 0 Å². The van der Waals surface area contributed by atoms with Crippen LogP contribution in [0.25, 0.3) is 0 Å². The van der Waals surface area contributed by atoms with Crippen LogP contribution in [0.2, 0.25) is 0 Å². The Morgan fingerprint density at radius 1 is 1.47 bits per heavy atom. The van der Waals surface area contributed by atoms with Crippen LogP contribution in [-0.4, -0.2) is 11.0 Å². The van der Waals surface area contributed by atoms with Gasteiger partial charge in [0.25, 0.3) is 5.69 Å². The molecule has 1 aliphatic carbocycles. The molecule has 0 saturated heterocycles. The molecule has 1 aromatic rings. The van der Waals surface area contributed by atoms with E-state index in [1.165, 1.54) is 6.42 Å². The van der Waals surface area contributed by atoms with E-state index in [1.807, 2.05) is 13.0 Å². The number of aryl methyl sites for hydroxylation is 1. The molecule has 0 aliphatic heterocycles. The van der Waals surface area contributed by atoms with E-state index in [0.717, 1.165) is 18.4 Å². The first-order valence-electron chi connectivity index (χ1n) is 5.18. The minimum absolute atomic E-state index is 0.174. The molecular weight excluding hydrogens is 192 g/mol. The standard InChI is InChI=1S/C11H14N2O2/c1-8-5-6-11(13(14)15)10(7-8)12-9-3-2-4-9/h5-7,9,12H,2-4H2,1H3. The third-order valence-corrected chi connectivity index (χ3v) is 2.81. The van der Waals surface area contributed by atoms with Crippen molar-refractivity contribution in [2.24, 2.45) is 0 Å². The second-order valence-electron chi connectivity index (χ2n) is 4.05. The van der Waals surface area contributed by atoms with Crippen LogP contribution in [0.4, 0.5) is 11.4 Å². The van der Waals surface area contributed by atoms with Crippen molar-refractivity contribution in [3.8, 4) is 0 Å². The quantitative estimate of drug-likeness (QED) is 0.611. The van der Waals surface area contributed by atoms with Gasteiger partial charge in [-0.3, -0.25) is 10.1 Å². The minimum Gasteiger partial charge on any atom is -0.377 e. The Bertz CT molecular complexity index is 386. The van der Waals surface area contributed by atoms with E-state index in [1.54, 1.807) is 12.1 Å². The van der Waals surface area contributed by atoms with Gasteiger partial charge >= 0.3 is 0 Å². The third-order valence-electron chi connectivity index (χ3n) is 2.81. The number of hydrogen-bond donors (Lipinski definition) is 1. The van der Waals surface area contributed by atoms with Crippen molar-refractivity contribution < 1.29 is 4.92 Å². The molecule has 0 unspecified atom stereocenters. The van der Waals surface area contributed by atoms with Crippen molar-refractivity contribution >= 4 is 11.4 Å². The van der Waals surface area contributed by atoms with Crippen molar-refractivity contribution in [3.05, 3.63) is 33.9 Å². The van der Waals surface area contributed by atoms with Gasteiger partial charge in [0, 0.05) is 12.1 Å². The highest BCUT2D eigenvalue weighted by Gasteiger charge is 2.21. The zero-order chi connectivity index (χ0) is 10.8. The lowest BCUT2D eigenvalue weighted by atomic mass is 9.93. The molecule has 1 aliphatic rings. The summed E-state index contributed by atoms with van der Waals surface area (Å²) < 4.78 is 0. The van der Waals surface area contributed by atoms with E-state index in [0.29, 0.717) is 11.7 Å². The van der Waals surface area contributed by atoms with Gasteiger partial charge in [0.1, 0.15) is 5.69 Å². The number of nitrogens with zero attached hydrogens (tertiary/aromatic N) is 1. The van der Waals surface area contributed by atoms with Crippen molar-refractivity contribution in [2.75, 3.05) is 5.32 Å². The maximum absolute atomic E-state index is 10.8. The monoisotopic (exact) mass is 206 g/mol. The number of rotatable bonds is 3. The summed E-state index contributed by atoms with van der Waals surface area (Å²) in [5, 5.41) is 14.0. The average molecular weight is 206 g/mol. The third kappa shape index (κ3) is 2.09. The summed E-state index contributed by atoms with van der Waals surface area (Å²) >= 11 is 0. The Morgan fingerprint density at radius 2 is 2.20 bits per heavy atom. The molecule has 0 heterocycles. The molecule has 1 aromatic carbocycles. The molecule has 1 saturated carbocycles. The van der Waals surface area contributed by atoms with Crippen molar-refractivity contribution in [1.29, 1.82) is 0 Å². The normalized spacial score (nSPS) is 15.8. The second kappa shape index (κ2) is 3.88. The summed E-state index contributed by atoms with van der Waals surface area (Å²) in [6.07, 6.45) is 3.45. The number of hydrogen-bond acceptors (Lipinski definition) is 3. The molecule has 80 valence electrons. The highest BCUT2D eigenvalue weighted by atomic mass is 16.6. The van der Waals surface area contributed by atoms with E-state index in [-0.39, 0.29) is 10.6 Å². The summed E-state index contributed by atoms with van der Waals surface area (Å²) in [6, 6.07) is 5.60. The second-order valence-corrected chi connectivity index (χ2v) is 4.05. The fourth-order valence-electron chi connectivity index (χ4n) is 1.70. The maximum atomic E-state index is 10.8. The van der Waals surface area contributed by atoms with Gasteiger partial charge in [-0.15, -0.1) is 0 Å². The van der Waals surface area contributed by atoms with Gasteiger partial charge in [-0.2, -0.15) is 0 Å². The Balaban J connectivity index is 2.24. The lowest BCUT2D eigenvalue weighted by Gasteiger charge is -2.27. The zero-order valence-corrected chi connectivity index (χ0v) is 8.69. The van der Waals surface area contributed by atoms with Crippen LogP contribution in [0.15, 0.2) is 18.2 Å². The lowest BCUT2D eigenvalue weighted by molar-refractivity contribution is -0.384. The lowest BCUT2D eigenvalue weighted by Crippen LogP contribution is -2.27. The fourth-order valence-corrected chi connectivity index (χ4v) is 1.70. The summed E-state index contributed by atoms with van der Waals surface area (Å²) in [6.45, 7) is 1.94. The molecule has 0 amide bonds. The van der Waals surface area contributed by atoms with Gasteiger partial charge in [0.05, 0.1) is 4.92 Å². The Hall–Kier alpha value is -1.58. The molecule has 0 bridgehead atoms. The molecule has 2 rings (SSSR count). The van der Waals surface area contributed by atoms with E-state index in [4.69, 9.17) is 0 Å². The molecular formula is C11H14N2O2. The largest absolute Gasteiger partial charge is 0.377 e. The molecule has 0 radical (unpaired) electrons. The molecule has 0 atom stereocenters. The first-order chi connectivity index (χ1) is 7.16. The Labute approximate surface area is 88.5 Å². The molecule has 4 heteroatoms. The SMILES string of the molecule is Cc1ccc([N+](=O)[O-])c(NC2CCC2)c1. The van der Waals surface area contributed by atoms with Crippen LogP contribution in [0.1, 0.15) is 24.8 Å². The van der Waals surface area contributed by atoms with Crippen molar-refractivity contribution in [2.45, 2.75) is 32.2 Å². The van der Waals surface area contributed by atoms with Crippen molar-refractivity contribution in [1.82, 2.24) is 0 Å². The topological polar surface area (TPSA) is 55.2 Å². The Kier molecular flexibility index (Phi) is 2.58. The summed E-state index contributed by atoms with van der Waals surface area (Å²) in [5.41, 5.74) is 1.87. The molecule has 15 heavy (non-hydrogen) atoms. The van der Waals surface area contributed by atoms with E-state index in [2.05, 4.69) is 5.32 Å². The van der Waals surface area contributed by atoms with Gasteiger partial charge in [0.15, 0.2) is 0 Å². The number of nitro groups is 1. The first kappa shape index (κ1) is 9.96. The average Bonchev–Trinajstić information content (AvgIpc) is 2.11. The molecule has 0 aromatic heterocycles. The molecule has 4 nitrogen and oxygen atoms in total. The van der Waals surface area contributed by atoms with Crippen LogP contribution in [0.3, 0.4) is 0 Å². The summed E-state index contributed by atoms with van der Waals surface area (Å²) in [4.78, 5) is 10.5. The van der Waals surface area contributed by atoms with Gasteiger partial charge in [-0.1, -0.05) is 6.07 Å². The zero-order valence-electron chi connectivity index (χ0n) is 8.69. The highest BCUT2D eigenvalue weighted by Crippen LogP contribution is 2.30. The van der Waals surface area contributed by atoms with Gasteiger partial charge in [-0.05, 0) is 37.8 Å². The van der Waals surface area contributed by atoms with E-state index in [9.17, 15) is 10.1 Å². The molecule has 1 N–H and O–H groups in total. The highest BCUT2D eigenvalue weighted by molar-refractivity contribution is 5.63. The van der Waals surface area contributed by atoms with Crippen LogP contribution in [0, 0.1) is 17.0 Å². The van der Waals surface area contributed by atoms with E-state index < -0.39 is 0 Å². The molecule has 0 spiro atoms. The Morgan fingerprint density at radius 3 is 2.73 bits per heavy atom. The fraction of sp³-hybridized carbons (Fsp3) is 0.455. The molecule has 1 fully saturated rings. The number of benzene rings is 1. The summed E-state index contributed by atoms with van der Waals surface area (Å²) in [7, 11) is 0. The van der Waals surface area contributed by atoms with Crippen LogP contribution >= 0.6 is 0 Å². The van der Waals surface area contributed by atoms with Gasteiger partial charge in [-0.25, -0.2) is 0 Å². The first-order valence-corrected chi connectivity index (χ1v) is 5.18. The predicted octanol–water partition coefficient (Wildman–Crippen LogP) is 2.87. The smallest absolute Gasteiger partial charge is 0.292 e. The maximum Gasteiger partial charge on any atom is 0.292 e. The number of nitrogens with one attached hydrogen (secondary N) is 1. The van der Waals surface area contributed by atoms with Crippen LogP contribution in [-0.2, 0) is 0 Å². The van der Waals surface area contributed by atoms with Crippen LogP contribution in [0.5, 0.6) is 0 Å². The number of nitro benzene ring substituents is 1. The number of anilines is 1. The minimum atomic E-state index is -0.333.